The SMILES string of the molecule is C=CCOC(=O)C[C@H]1CNC(=O)[C@@H](Cc2ccc(OC)c(Cl)c2)NC(=O)/C=C/C[C@@H]([C@H](C)[C@H]2O[C@@H]2c2ccccc2)OC(=O)[C@H](CC(C)C)OC1=O. The highest BCUT2D eigenvalue weighted by atomic mass is 35.5. The lowest BCUT2D eigenvalue weighted by molar-refractivity contribution is -0.177. The van der Waals surface area contributed by atoms with Crippen LogP contribution in [0.3, 0.4) is 0 Å². The van der Waals surface area contributed by atoms with E-state index in [-0.39, 0.29) is 56.5 Å². The molecule has 2 amide bonds. The van der Waals surface area contributed by atoms with Crippen LogP contribution in [0.1, 0.15) is 57.3 Å². The minimum Gasteiger partial charge on any atom is -0.495 e. The Balaban J connectivity index is 1.65. The van der Waals surface area contributed by atoms with Gasteiger partial charge in [-0.1, -0.05) is 87.5 Å². The van der Waals surface area contributed by atoms with Crippen molar-refractivity contribution in [3.63, 3.8) is 0 Å². The Labute approximate surface area is 309 Å². The molecule has 0 saturated carbocycles. The molecular formula is C39H47ClN2O10. The maximum Gasteiger partial charge on any atom is 0.347 e. The van der Waals surface area contributed by atoms with Crippen LogP contribution in [-0.2, 0) is 49.3 Å². The summed E-state index contributed by atoms with van der Waals surface area (Å²) in [6.45, 7) is 8.72. The Morgan fingerprint density at radius 2 is 1.81 bits per heavy atom. The molecule has 0 bridgehead atoms. The van der Waals surface area contributed by atoms with Gasteiger partial charge in [-0.2, -0.15) is 0 Å². The molecule has 280 valence electrons. The van der Waals surface area contributed by atoms with Crippen molar-refractivity contribution in [2.75, 3.05) is 20.3 Å². The number of nitrogens with one attached hydrogen (secondary N) is 2. The van der Waals surface area contributed by atoms with E-state index in [0.717, 1.165) is 5.56 Å². The van der Waals surface area contributed by atoms with E-state index < -0.39 is 60.3 Å². The zero-order valence-electron chi connectivity index (χ0n) is 29.9. The Morgan fingerprint density at radius 3 is 2.48 bits per heavy atom. The normalized spacial score (nSPS) is 25.5. The highest BCUT2D eigenvalue weighted by molar-refractivity contribution is 6.32. The molecule has 0 spiro atoms. The van der Waals surface area contributed by atoms with Crippen LogP contribution in [0.4, 0.5) is 0 Å². The van der Waals surface area contributed by atoms with Gasteiger partial charge in [-0.3, -0.25) is 19.2 Å². The number of halogens is 1. The number of ether oxygens (including phenoxy) is 5. The molecule has 1 fully saturated rings. The molecule has 2 aliphatic rings. The zero-order valence-corrected chi connectivity index (χ0v) is 30.6. The van der Waals surface area contributed by atoms with Crippen molar-refractivity contribution in [3.05, 3.63) is 89.5 Å². The van der Waals surface area contributed by atoms with Crippen molar-refractivity contribution in [2.45, 2.75) is 76.9 Å². The third-order valence-corrected chi connectivity index (χ3v) is 9.09. The van der Waals surface area contributed by atoms with Gasteiger partial charge >= 0.3 is 17.9 Å². The summed E-state index contributed by atoms with van der Waals surface area (Å²) in [4.78, 5) is 66.9. The summed E-state index contributed by atoms with van der Waals surface area (Å²) in [5, 5.41) is 5.71. The number of amides is 2. The number of methoxy groups -OCH3 is 1. The van der Waals surface area contributed by atoms with Crippen molar-refractivity contribution < 1.29 is 47.7 Å². The van der Waals surface area contributed by atoms with E-state index in [1.807, 2.05) is 51.1 Å². The topological polar surface area (TPSA) is 159 Å². The zero-order chi connectivity index (χ0) is 37.8. The van der Waals surface area contributed by atoms with Crippen LogP contribution in [0, 0.1) is 17.8 Å². The van der Waals surface area contributed by atoms with Crippen LogP contribution in [0.15, 0.2) is 73.3 Å². The van der Waals surface area contributed by atoms with Crippen molar-refractivity contribution in [2.24, 2.45) is 17.8 Å². The van der Waals surface area contributed by atoms with Crippen molar-refractivity contribution >= 4 is 41.3 Å². The number of benzene rings is 2. The number of carbonyl (C=O) groups is 5. The monoisotopic (exact) mass is 738 g/mol. The lowest BCUT2D eigenvalue weighted by Gasteiger charge is -2.27. The summed E-state index contributed by atoms with van der Waals surface area (Å²) in [5.41, 5.74) is 1.61. The van der Waals surface area contributed by atoms with Crippen molar-refractivity contribution in [1.82, 2.24) is 10.6 Å². The first-order valence-corrected chi connectivity index (χ1v) is 17.7. The van der Waals surface area contributed by atoms with E-state index in [4.69, 9.17) is 35.3 Å². The molecular weight excluding hydrogens is 692 g/mol. The lowest BCUT2D eigenvalue weighted by Crippen LogP contribution is -2.49. The quantitative estimate of drug-likeness (QED) is 0.134. The number of hydrogen-bond acceptors (Lipinski definition) is 10. The second kappa shape index (κ2) is 19.2. The summed E-state index contributed by atoms with van der Waals surface area (Å²) in [6, 6.07) is 13.6. The van der Waals surface area contributed by atoms with Gasteiger partial charge in [0.25, 0.3) is 0 Å². The Hall–Kier alpha value is -4.68. The molecule has 1 saturated heterocycles. The molecule has 2 aliphatic heterocycles. The van der Waals surface area contributed by atoms with Gasteiger partial charge in [0.15, 0.2) is 6.10 Å². The summed E-state index contributed by atoms with van der Waals surface area (Å²) in [6.07, 6.45) is 1.57. The molecule has 2 N–H and O–H groups in total. The third kappa shape index (κ3) is 11.7. The number of hydrogen-bond donors (Lipinski definition) is 2. The molecule has 7 atom stereocenters. The molecule has 0 aromatic heterocycles. The minimum absolute atomic E-state index is 0.0409. The first-order chi connectivity index (χ1) is 24.9. The average molecular weight is 739 g/mol. The Bertz CT molecular complexity index is 1610. The largest absolute Gasteiger partial charge is 0.495 e. The lowest BCUT2D eigenvalue weighted by atomic mass is 9.93. The standard InChI is InChI=1S/C39H47ClN2O10/c1-6-17-49-34(44)21-27-22-41-37(45)29(20-25-15-16-31(48-5)28(40)19-25)42-33(43)14-10-13-30(50-39(47)32(18-23(2)3)51-38(27)46)24(4)35-36(52-35)26-11-8-7-9-12-26/h6-12,14-16,19,23-24,27,29-30,32,35-36H,1,13,17-18,20-22H2,2-5H3,(H,41,45)(H,42,43)/b14-10+/t24-,27-,29+,30-,32-,35+,36+/m0/s1. The third-order valence-electron chi connectivity index (χ3n) is 8.79. The fourth-order valence-corrected chi connectivity index (χ4v) is 6.19. The highest BCUT2D eigenvalue weighted by Gasteiger charge is 2.47. The maximum absolute atomic E-state index is 13.7. The van der Waals surface area contributed by atoms with Gasteiger partial charge in [0.2, 0.25) is 11.8 Å². The molecule has 2 heterocycles. The summed E-state index contributed by atoms with van der Waals surface area (Å²) in [7, 11) is 1.48. The van der Waals surface area contributed by atoms with Crippen molar-refractivity contribution in [1.29, 1.82) is 0 Å². The van der Waals surface area contributed by atoms with Crippen LogP contribution >= 0.6 is 11.6 Å². The highest BCUT2D eigenvalue weighted by Crippen LogP contribution is 2.45. The fourth-order valence-electron chi connectivity index (χ4n) is 5.91. The molecule has 0 radical (unpaired) electrons. The van der Waals surface area contributed by atoms with Gasteiger partial charge in [0.05, 0.1) is 30.6 Å². The fraction of sp³-hybridized carbons (Fsp3) is 0.462. The van der Waals surface area contributed by atoms with Crippen LogP contribution in [-0.4, -0.2) is 74.3 Å². The van der Waals surface area contributed by atoms with Gasteiger partial charge in [0.1, 0.15) is 30.6 Å². The molecule has 13 heteroatoms. The van der Waals surface area contributed by atoms with Gasteiger partial charge in [0, 0.05) is 25.3 Å². The molecule has 4 rings (SSSR count). The van der Waals surface area contributed by atoms with Gasteiger partial charge in [-0.15, -0.1) is 0 Å². The first-order valence-electron chi connectivity index (χ1n) is 17.3. The van der Waals surface area contributed by atoms with E-state index >= 15 is 0 Å². The van der Waals surface area contributed by atoms with E-state index in [0.29, 0.717) is 16.3 Å². The predicted octanol–water partition coefficient (Wildman–Crippen LogP) is 4.83. The smallest absolute Gasteiger partial charge is 0.347 e. The van der Waals surface area contributed by atoms with Gasteiger partial charge in [-0.25, -0.2) is 4.79 Å². The summed E-state index contributed by atoms with van der Waals surface area (Å²) < 4.78 is 28.1. The van der Waals surface area contributed by atoms with E-state index in [1.165, 1.54) is 19.3 Å². The molecule has 2 aromatic rings. The number of epoxide rings is 1. The maximum atomic E-state index is 13.7. The molecule has 2 aromatic carbocycles. The average Bonchev–Trinajstić information content (AvgIpc) is 3.92. The molecule has 12 nitrogen and oxygen atoms in total. The van der Waals surface area contributed by atoms with Crippen molar-refractivity contribution in [3.8, 4) is 5.75 Å². The van der Waals surface area contributed by atoms with Gasteiger partial charge < -0.3 is 34.3 Å². The van der Waals surface area contributed by atoms with Crippen LogP contribution in [0.25, 0.3) is 0 Å². The van der Waals surface area contributed by atoms with E-state index in [9.17, 15) is 24.0 Å². The second-order valence-corrected chi connectivity index (χ2v) is 13.7. The number of cyclic esters (lactones) is 2. The van der Waals surface area contributed by atoms with Crippen LogP contribution in [0.5, 0.6) is 5.75 Å². The van der Waals surface area contributed by atoms with E-state index in [2.05, 4.69) is 17.2 Å². The minimum atomic E-state index is -1.30. The summed E-state index contributed by atoms with van der Waals surface area (Å²) >= 11 is 6.33. The Morgan fingerprint density at radius 1 is 1.06 bits per heavy atom. The van der Waals surface area contributed by atoms with Crippen LogP contribution < -0.4 is 15.4 Å². The number of carbonyl (C=O) groups excluding carboxylic acids is 5. The predicted molar refractivity (Wildman–Crippen MR) is 192 cm³/mol. The number of rotatable bonds is 12. The summed E-state index contributed by atoms with van der Waals surface area (Å²) in [5.74, 6) is -4.78. The van der Waals surface area contributed by atoms with E-state index in [1.54, 1.807) is 24.3 Å². The Kier molecular flexibility index (Phi) is 14.8. The molecule has 0 aliphatic carbocycles. The second-order valence-electron chi connectivity index (χ2n) is 13.3. The first kappa shape index (κ1) is 40.1. The van der Waals surface area contributed by atoms with Crippen LogP contribution in [0.2, 0.25) is 5.02 Å². The molecule has 52 heavy (non-hydrogen) atoms. The number of esters is 3. The van der Waals surface area contributed by atoms with Gasteiger partial charge in [-0.05, 0) is 41.7 Å². The molecule has 0 unspecified atom stereocenters.